The molecular formula is C12H16N2O5S. The van der Waals surface area contributed by atoms with Crippen LogP contribution in [-0.2, 0) is 20.6 Å². The van der Waals surface area contributed by atoms with Gasteiger partial charge in [-0.1, -0.05) is 12.1 Å². The number of carbonyl (C=O) groups is 2. The number of sulfonamides is 1. The number of nitrogens with two attached hydrogens (primary N) is 1. The largest absolute Gasteiger partial charge is 0.481 e. The van der Waals surface area contributed by atoms with Crippen molar-refractivity contribution in [1.29, 1.82) is 0 Å². The van der Waals surface area contributed by atoms with E-state index in [1.165, 1.54) is 24.3 Å². The van der Waals surface area contributed by atoms with Gasteiger partial charge in [-0.3, -0.25) is 9.59 Å². The summed E-state index contributed by atoms with van der Waals surface area (Å²) in [7, 11) is -3.59. The van der Waals surface area contributed by atoms with Crippen LogP contribution >= 0.6 is 0 Å². The van der Waals surface area contributed by atoms with Gasteiger partial charge in [0.1, 0.15) is 0 Å². The molecule has 0 spiro atoms. The smallest absolute Gasteiger partial charge is 0.303 e. The zero-order valence-electron chi connectivity index (χ0n) is 10.7. The van der Waals surface area contributed by atoms with Crippen LogP contribution in [0.3, 0.4) is 0 Å². The van der Waals surface area contributed by atoms with Crippen LogP contribution in [0.2, 0.25) is 0 Å². The number of primary sulfonamides is 1. The van der Waals surface area contributed by atoms with Crippen molar-refractivity contribution in [3.8, 4) is 0 Å². The maximum absolute atomic E-state index is 11.7. The molecule has 0 saturated heterocycles. The average Bonchev–Trinajstić information content (AvgIpc) is 2.33. The van der Waals surface area contributed by atoms with E-state index in [9.17, 15) is 18.0 Å². The van der Waals surface area contributed by atoms with Crippen molar-refractivity contribution in [2.75, 3.05) is 6.54 Å². The Kier molecular flexibility index (Phi) is 5.66. The van der Waals surface area contributed by atoms with Gasteiger partial charge in [-0.15, -0.1) is 0 Å². The zero-order valence-corrected chi connectivity index (χ0v) is 11.5. The Morgan fingerprint density at radius 2 is 1.80 bits per heavy atom. The molecule has 0 heterocycles. The third-order valence-corrected chi connectivity index (χ3v) is 3.17. The molecule has 0 atom stereocenters. The van der Waals surface area contributed by atoms with Crippen molar-refractivity contribution in [2.45, 2.75) is 18.6 Å². The van der Waals surface area contributed by atoms with E-state index < -0.39 is 16.0 Å². The lowest BCUT2D eigenvalue weighted by atomic mass is 10.1. The third-order valence-electron chi connectivity index (χ3n) is 2.44. The summed E-state index contributed by atoms with van der Waals surface area (Å²) in [6.45, 7) is 0.268. The Labute approximate surface area is 116 Å². The molecule has 0 fully saturated rings. The second-order valence-corrected chi connectivity index (χ2v) is 5.87. The van der Waals surface area contributed by atoms with Crippen LogP contribution in [0.1, 0.15) is 28.8 Å². The topological polar surface area (TPSA) is 127 Å². The Morgan fingerprint density at radius 3 is 2.30 bits per heavy atom. The van der Waals surface area contributed by atoms with Gasteiger partial charge in [0, 0.05) is 18.5 Å². The molecular weight excluding hydrogens is 284 g/mol. The average molecular weight is 300 g/mol. The summed E-state index contributed by atoms with van der Waals surface area (Å²) in [5.74, 6) is -1.53. The van der Waals surface area contributed by atoms with Crippen LogP contribution in [0.5, 0.6) is 0 Å². The van der Waals surface area contributed by atoms with Crippen LogP contribution in [0.15, 0.2) is 24.3 Å². The van der Waals surface area contributed by atoms with Gasteiger partial charge in [-0.2, -0.15) is 0 Å². The van der Waals surface area contributed by atoms with Gasteiger partial charge in [0.25, 0.3) is 5.91 Å². The molecule has 1 rings (SSSR count). The Hall–Kier alpha value is -1.93. The number of carbonyl (C=O) groups excluding carboxylic acids is 1. The monoisotopic (exact) mass is 300 g/mol. The van der Waals surface area contributed by atoms with Crippen LogP contribution < -0.4 is 10.5 Å². The van der Waals surface area contributed by atoms with Crippen molar-refractivity contribution in [2.24, 2.45) is 5.14 Å². The molecule has 1 aromatic rings. The molecule has 8 heteroatoms. The van der Waals surface area contributed by atoms with Crippen LogP contribution in [0.25, 0.3) is 0 Å². The maximum atomic E-state index is 11.7. The lowest BCUT2D eigenvalue weighted by Gasteiger charge is -2.05. The van der Waals surface area contributed by atoms with E-state index in [1.807, 2.05) is 0 Å². The highest BCUT2D eigenvalue weighted by Crippen LogP contribution is 2.07. The highest BCUT2D eigenvalue weighted by Gasteiger charge is 2.08. The Bertz CT molecular complexity index is 580. The van der Waals surface area contributed by atoms with E-state index in [2.05, 4.69) is 5.32 Å². The van der Waals surface area contributed by atoms with E-state index in [1.54, 1.807) is 0 Å². The number of amides is 1. The van der Waals surface area contributed by atoms with Crippen molar-refractivity contribution in [3.05, 3.63) is 35.4 Å². The summed E-state index contributed by atoms with van der Waals surface area (Å²) >= 11 is 0. The van der Waals surface area contributed by atoms with E-state index >= 15 is 0 Å². The normalized spacial score (nSPS) is 11.1. The first-order valence-corrected chi connectivity index (χ1v) is 7.59. The molecule has 1 aromatic carbocycles. The quantitative estimate of drug-likeness (QED) is 0.614. The Morgan fingerprint density at radius 1 is 1.20 bits per heavy atom. The molecule has 0 bridgehead atoms. The highest BCUT2D eigenvalue weighted by atomic mass is 32.2. The fourth-order valence-electron chi connectivity index (χ4n) is 1.53. The molecule has 0 aliphatic rings. The summed E-state index contributed by atoms with van der Waals surface area (Å²) in [4.78, 5) is 22.0. The van der Waals surface area contributed by atoms with E-state index in [-0.39, 0.29) is 24.6 Å². The predicted molar refractivity (Wildman–Crippen MR) is 72.5 cm³/mol. The predicted octanol–water partition coefficient (Wildman–Crippen LogP) is 0.0697. The third kappa shape index (κ3) is 6.30. The van der Waals surface area contributed by atoms with Gasteiger partial charge in [0.15, 0.2) is 0 Å². The standard InChI is InChI=1S/C12H16N2O5S/c13-20(18,19)8-9-3-5-10(6-4-9)12(17)14-7-1-2-11(15)16/h3-6H,1-2,7-8H2,(H,14,17)(H,15,16)(H2,13,18,19). The first-order chi connectivity index (χ1) is 9.28. The number of carboxylic acids is 1. The maximum Gasteiger partial charge on any atom is 0.303 e. The molecule has 0 saturated carbocycles. The van der Waals surface area contributed by atoms with Gasteiger partial charge < -0.3 is 10.4 Å². The molecule has 110 valence electrons. The van der Waals surface area contributed by atoms with E-state index in [0.29, 0.717) is 17.5 Å². The van der Waals surface area contributed by atoms with Crippen molar-refractivity contribution in [1.82, 2.24) is 5.32 Å². The first kappa shape index (κ1) is 16.1. The molecule has 0 aromatic heterocycles. The fraction of sp³-hybridized carbons (Fsp3) is 0.333. The Balaban J connectivity index is 2.51. The number of carboxylic acid groups (broad SMARTS) is 1. The number of rotatable bonds is 7. The molecule has 0 unspecified atom stereocenters. The van der Waals surface area contributed by atoms with Crippen molar-refractivity contribution < 1.29 is 23.1 Å². The summed E-state index contributed by atoms with van der Waals surface area (Å²) in [6.07, 6.45) is 0.345. The lowest BCUT2D eigenvalue weighted by Crippen LogP contribution is -2.24. The number of hydrogen-bond acceptors (Lipinski definition) is 4. The minimum Gasteiger partial charge on any atom is -0.481 e. The van der Waals surface area contributed by atoms with Gasteiger partial charge in [0.05, 0.1) is 5.75 Å². The zero-order chi connectivity index (χ0) is 15.2. The SMILES string of the molecule is NS(=O)(=O)Cc1ccc(C(=O)NCCCC(=O)O)cc1. The van der Waals surface area contributed by atoms with Crippen LogP contribution in [0.4, 0.5) is 0 Å². The van der Waals surface area contributed by atoms with Crippen molar-refractivity contribution >= 4 is 21.9 Å². The number of benzene rings is 1. The highest BCUT2D eigenvalue weighted by molar-refractivity contribution is 7.88. The summed E-state index contributed by atoms with van der Waals surface area (Å²) in [5.41, 5.74) is 0.869. The summed E-state index contributed by atoms with van der Waals surface area (Å²) in [6, 6.07) is 6.01. The second kappa shape index (κ2) is 7.01. The summed E-state index contributed by atoms with van der Waals surface area (Å²) in [5, 5.41) is 15.9. The minimum atomic E-state index is -3.59. The van der Waals surface area contributed by atoms with E-state index in [4.69, 9.17) is 10.2 Å². The van der Waals surface area contributed by atoms with Gasteiger partial charge in [0.2, 0.25) is 10.0 Å². The number of nitrogens with one attached hydrogen (secondary N) is 1. The molecule has 1 amide bonds. The molecule has 4 N–H and O–H groups in total. The molecule has 0 aliphatic heterocycles. The van der Waals surface area contributed by atoms with Crippen LogP contribution in [0, 0.1) is 0 Å². The fourth-order valence-corrected chi connectivity index (χ4v) is 2.19. The molecule has 0 radical (unpaired) electrons. The molecule has 0 aliphatic carbocycles. The van der Waals surface area contributed by atoms with Gasteiger partial charge >= 0.3 is 5.97 Å². The minimum absolute atomic E-state index is 0.00637. The van der Waals surface area contributed by atoms with Gasteiger partial charge in [-0.05, 0) is 24.1 Å². The van der Waals surface area contributed by atoms with E-state index in [0.717, 1.165) is 0 Å². The lowest BCUT2D eigenvalue weighted by molar-refractivity contribution is -0.137. The molecule has 20 heavy (non-hydrogen) atoms. The number of aliphatic carboxylic acids is 1. The van der Waals surface area contributed by atoms with Crippen LogP contribution in [-0.4, -0.2) is 31.9 Å². The first-order valence-electron chi connectivity index (χ1n) is 5.87. The second-order valence-electron chi connectivity index (χ2n) is 4.26. The van der Waals surface area contributed by atoms with Gasteiger partial charge in [-0.25, -0.2) is 13.6 Å². The number of hydrogen-bond donors (Lipinski definition) is 3. The summed E-state index contributed by atoms with van der Waals surface area (Å²) < 4.78 is 21.8. The van der Waals surface area contributed by atoms with Crippen molar-refractivity contribution in [3.63, 3.8) is 0 Å². The molecule has 7 nitrogen and oxygen atoms in total.